The van der Waals surface area contributed by atoms with Crippen LogP contribution in [-0.4, -0.2) is 65.2 Å². The summed E-state index contributed by atoms with van der Waals surface area (Å²) in [7, 11) is 0. The normalized spacial score (nSPS) is 30.2. The lowest BCUT2D eigenvalue weighted by molar-refractivity contribution is -0.143. The molecule has 5 heteroatoms. The number of aliphatic carboxylic acids is 1. The van der Waals surface area contributed by atoms with Gasteiger partial charge in [0, 0.05) is 19.1 Å². The number of piperidine rings is 1. The SMILES string of the molecule is CC(N)(CN1CCC(N2CCCCC2)C1)C(=O)O. The van der Waals surface area contributed by atoms with Gasteiger partial charge in [-0.15, -0.1) is 0 Å². The van der Waals surface area contributed by atoms with Gasteiger partial charge in [0.15, 0.2) is 0 Å². The molecule has 0 radical (unpaired) electrons. The number of likely N-dealkylation sites (tertiary alicyclic amines) is 2. The predicted molar refractivity (Wildman–Crippen MR) is 70.5 cm³/mol. The largest absolute Gasteiger partial charge is 0.480 e. The summed E-state index contributed by atoms with van der Waals surface area (Å²) >= 11 is 0. The zero-order chi connectivity index (χ0) is 13.2. The van der Waals surface area contributed by atoms with Crippen LogP contribution < -0.4 is 5.73 Å². The molecular weight excluding hydrogens is 230 g/mol. The fourth-order valence-electron chi connectivity index (χ4n) is 3.07. The van der Waals surface area contributed by atoms with Crippen LogP contribution in [0.1, 0.15) is 32.6 Å². The monoisotopic (exact) mass is 255 g/mol. The maximum Gasteiger partial charge on any atom is 0.324 e. The number of hydrogen-bond acceptors (Lipinski definition) is 4. The van der Waals surface area contributed by atoms with E-state index in [2.05, 4.69) is 9.80 Å². The molecular formula is C13H25N3O2. The molecule has 2 unspecified atom stereocenters. The van der Waals surface area contributed by atoms with Crippen molar-refractivity contribution in [1.82, 2.24) is 9.80 Å². The number of carboxylic acids is 1. The van der Waals surface area contributed by atoms with Crippen molar-refractivity contribution in [3.8, 4) is 0 Å². The van der Waals surface area contributed by atoms with E-state index in [1.165, 1.54) is 32.4 Å². The predicted octanol–water partition coefficient (Wildman–Crippen LogP) is 0.349. The molecule has 0 bridgehead atoms. The van der Waals surface area contributed by atoms with E-state index >= 15 is 0 Å². The van der Waals surface area contributed by atoms with E-state index < -0.39 is 11.5 Å². The van der Waals surface area contributed by atoms with Crippen molar-refractivity contribution in [2.45, 2.75) is 44.2 Å². The third kappa shape index (κ3) is 3.22. The fourth-order valence-corrected chi connectivity index (χ4v) is 3.07. The van der Waals surface area contributed by atoms with Gasteiger partial charge in [0.1, 0.15) is 5.54 Å². The number of nitrogens with two attached hydrogens (primary N) is 1. The summed E-state index contributed by atoms with van der Waals surface area (Å²) in [5.41, 5.74) is 4.68. The van der Waals surface area contributed by atoms with E-state index in [0.717, 1.165) is 19.5 Å². The highest BCUT2D eigenvalue weighted by Gasteiger charge is 2.35. The van der Waals surface area contributed by atoms with Gasteiger partial charge in [0.25, 0.3) is 0 Å². The molecule has 18 heavy (non-hydrogen) atoms. The first-order valence-electron chi connectivity index (χ1n) is 6.98. The van der Waals surface area contributed by atoms with Crippen LogP contribution in [0.15, 0.2) is 0 Å². The molecule has 0 saturated carbocycles. The van der Waals surface area contributed by atoms with Crippen molar-refractivity contribution in [3.63, 3.8) is 0 Å². The van der Waals surface area contributed by atoms with Gasteiger partial charge in [-0.1, -0.05) is 6.42 Å². The first kappa shape index (κ1) is 13.8. The third-order valence-corrected chi connectivity index (χ3v) is 4.20. The minimum Gasteiger partial charge on any atom is -0.480 e. The highest BCUT2D eigenvalue weighted by atomic mass is 16.4. The van der Waals surface area contributed by atoms with Gasteiger partial charge in [-0.05, 0) is 45.8 Å². The minimum atomic E-state index is -1.13. The van der Waals surface area contributed by atoms with Crippen molar-refractivity contribution in [2.24, 2.45) is 5.73 Å². The van der Waals surface area contributed by atoms with Crippen molar-refractivity contribution in [3.05, 3.63) is 0 Å². The molecule has 0 aromatic rings. The van der Waals surface area contributed by atoms with Crippen molar-refractivity contribution in [2.75, 3.05) is 32.7 Å². The van der Waals surface area contributed by atoms with Crippen molar-refractivity contribution >= 4 is 5.97 Å². The van der Waals surface area contributed by atoms with Crippen molar-refractivity contribution < 1.29 is 9.90 Å². The van der Waals surface area contributed by atoms with Gasteiger partial charge in [0.2, 0.25) is 0 Å². The molecule has 0 aromatic heterocycles. The van der Waals surface area contributed by atoms with Gasteiger partial charge in [-0.3, -0.25) is 14.6 Å². The number of nitrogens with zero attached hydrogens (tertiary/aromatic N) is 2. The Morgan fingerprint density at radius 2 is 2.00 bits per heavy atom. The molecule has 0 amide bonds. The average Bonchev–Trinajstić information content (AvgIpc) is 2.78. The van der Waals surface area contributed by atoms with Gasteiger partial charge < -0.3 is 10.8 Å². The average molecular weight is 255 g/mol. The summed E-state index contributed by atoms with van der Waals surface area (Å²) in [4.78, 5) is 15.8. The summed E-state index contributed by atoms with van der Waals surface area (Å²) in [6.07, 6.45) is 5.11. The molecule has 2 heterocycles. The molecule has 2 rings (SSSR count). The van der Waals surface area contributed by atoms with Crippen LogP contribution in [0.25, 0.3) is 0 Å². The summed E-state index contributed by atoms with van der Waals surface area (Å²) in [5, 5.41) is 9.05. The molecule has 0 spiro atoms. The molecule has 0 aliphatic carbocycles. The lowest BCUT2D eigenvalue weighted by Crippen LogP contribution is -2.53. The Morgan fingerprint density at radius 1 is 1.33 bits per heavy atom. The number of carbonyl (C=O) groups is 1. The lowest BCUT2D eigenvalue weighted by Gasteiger charge is -2.33. The summed E-state index contributed by atoms with van der Waals surface area (Å²) in [5.74, 6) is -0.913. The van der Waals surface area contributed by atoms with Crippen LogP contribution in [-0.2, 0) is 4.79 Å². The second-order valence-electron chi connectivity index (χ2n) is 6.00. The molecule has 2 aliphatic heterocycles. The maximum absolute atomic E-state index is 11.0. The van der Waals surface area contributed by atoms with Gasteiger partial charge in [0.05, 0.1) is 0 Å². The second kappa shape index (κ2) is 5.55. The molecule has 0 aromatic carbocycles. The molecule has 2 atom stereocenters. The second-order valence-corrected chi connectivity index (χ2v) is 6.00. The quantitative estimate of drug-likeness (QED) is 0.758. The Hall–Kier alpha value is -0.650. The Kier molecular flexibility index (Phi) is 4.25. The molecule has 3 N–H and O–H groups in total. The number of rotatable bonds is 4. The maximum atomic E-state index is 11.0. The minimum absolute atomic E-state index is 0.451. The van der Waals surface area contributed by atoms with E-state index in [1.807, 2.05) is 0 Å². The standard InChI is InChI=1S/C13H25N3O2/c1-13(14,12(17)18)10-15-8-5-11(9-15)16-6-3-2-4-7-16/h11H,2-10,14H2,1H3,(H,17,18). The molecule has 2 saturated heterocycles. The first-order chi connectivity index (χ1) is 8.49. The fraction of sp³-hybridized carbons (Fsp3) is 0.923. The number of carboxylic acid groups (broad SMARTS) is 1. The molecule has 5 nitrogen and oxygen atoms in total. The Balaban J connectivity index is 1.82. The number of hydrogen-bond donors (Lipinski definition) is 2. The van der Waals surface area contributed by atoms with Gasteiger partial charge in [-0.25, -0.2) is 0 Å². The highest BCUT2D eigenvalue weighted by molar-refractivity contribution is 5.78. The molecule has 2 aliphatic rings. The highest BCUT2D eigenvalue weighted by Crippen LogP contribution is 2.21. The van der Waals surface area contributed by atoms with E-state index in [-0.39, 0.29) is 0 Å². The third-order valence-electron chi connectivity index (χ3n) is 4.20. The summed E-state index contributed by atoms with van der Waals surface area (Å²) in [6, 6.07) is 0.606. The zero-order valence-corrected chi connectivity index (χ0v) is 11.3. The van der Waals surface area contributed by atoms with Crippen LogP contribution >= 0.6 is 0 Å². The smallest absolute Gasteiger partial charge is 0.324 e. The summed E-state index contributed by atoms with van der Waals surface area (Å²) < 4.78 is 0. The Bertz CT molecular complexity index is 301. The van der Waals surface area contributed by atoms with Crippen LogP contribution in [0.4, 0.5) is 0 Å². The van der Waals surface area contributed by atoms with Crippen LogP contribution in [0.2, 0.25) is 0 Å². The van der Waals surface area contributed by atoms with E-state index in [1.54, 1.807) is 6.92 Å². The van der Waals surface area contributed by atoms with Gasteiger partial charge >= 0.3 is 5.97 Å². The van der Waals surface area contributed by atoms with Crippen molar-refractivity contribution in [1.29, 1.82) is 0 Å². The van der Waals surface area contributed by atoms with E-state index in [9.17, 15) is 4.79 Å². The van der Waals surface area contributed by atoms with Gasteiger partial charge in [-0.2, -0.15) is 0 Å². The molecule has 104 valence electrons. The Morgan fingerprint density at radius 3 is 2.61 bits per heavy atom. The van der Waals surface area contributed by atoms with E-state index in [4.69, 9.17) is 10.8 Å². The van der Waals surface area contributed by atoms with Crippen LogP contribution in [0, 0.1) is 0 Å². The van der Waals surface area contributed by atoms with Crippen LogP contribution in [0.5, 0.6) is 0 Å². The first-order valence-corrected chi connectivity index (χ1v) is 6.98. The summed E-state index contributed by atoms with van der Waals surface area (Å²) in [6.45, 7) is 6.41. The molecule has 2 fully saturated rings. The van der Waals surface area contributed by atoms with Crippen LogP contribution in [0.3, 0.4) is 0 Å². The lowest BCUT2D eigenvalue weighted by atomic mass is 10.0. The topological polar surface area (TPSA) is 69.8 Å². The zero-order valence-electron chi connectivity index (χ0n) is 11.3. The Labute approximate surface area is 109 Å². The van der Waals surface area contributed by atoms with E-state index in [0.29, 0.717) is 12.6 Å².